The zero-order valence-electron chi connectivity index (χ0n) is 27.8. The summed E-state index contributed by atoms with van der Waals surface area (Å²) < 4.78 is 21.7. The van der Waals surface area contributed by atoms with E-state index in [1.165, 1.54) is 0 Å². The molecular formula is C45H29N5OS. The number of para-hydroxylation sites is 1. The Morgan fingerprint density at radius 1 is 0.442 bits per heavy atom. The van der Waals surface area contributed by atoms with Crippen LogP contribution in [-0.2, 0) is 9.73 Å². The molecule has 0 fully saturated rings. The third kappa shape index (κ3) is 4.86. The summed E-state index contributed by atoms with van der Waals surface area (Å²) in [4.78, 5) is 16.5. The standard InChI is InChI=1S/C45H29N5OS/c51-52(34-18-8-3-9-19-34)42-27-25-33(29-38(42)35-20-10-12-22-39(35)49-52)32-24-26-41-37(28-32)36-21-11-13-23-40(36)50(41)45-47-43(30-14-4-1-5-15-30)46-44(48-45)31-16-6-2-7-17-31/h1-29H. The lowest BCUT2D eigenvalue weighted by atomic mass is 9.97. The van der Waals surface area contributed by atoms with E-state index >= 15 is 0 Å². The monoisotopic (exact) mass is 687 g/mol. The number of fused-ring (bicyclic) bond motifs is 6. The van der Waals surface area contributed by atoms with Gasteiger partial charge < -0.3 is 0 Å². The predicted molar refractivity (Wildman–Crippen MR) is 209 cm³/mol. The molecule has 10 rings (SSSR count). The number of nitrogens with zero attached hydrogens (tertiary/aromatic N) is 5. The van der Waals surface area contributed by atoms with Gasteiger partial charge in [-0.25, -0.2) is 9.19 Å². The zero-order valence-corrected chi connectivity index (χ0v) is 28.6. The molecule has 0 N–H and O–H groups in total. The van der Waals surface area contributed by atoms with Gasteiger partial charge in [0.05, 0.1) is 26.5 Å². The molecule has 246 valence electrons. The van der Waals surface area contributed by atoms with Gasteiger partial charge in [-0.1, -0.05) is 127 Å². The van der Waals surface area contributed by atoms with Gasteiger partial charge in [-0.2, -0.15) is 14.3 Å². The first-order chi connectivity index (χ1) is 25.6. The van der Waals surface area contributed by atoms with Crippen LogP contribution in [-0.4, -0.2) is 23.7 Å². The molecule has 7 aromatic carbocycles. The van der Waals surface area contributed by atoms with Gasteiger partial charge >= 0.3 is 0 Å². The van der Waals surface area contributed by atoms with Gasteiger partial charge in [-0.15, -0.1) is 0 Å². The van der Waals surface area contributed by atoms with Crippen molar-refractivity contribution in [3.8, 4) is 51.0 Å². The minimum Gasteiger partial charge on any atom is -0.278 e. The van der Waals surface area contributed by atoms with E-state index in [2.05, 4.69) is 59.2 Å². The number of hydrogen-bond acceptors (Lipinski definition) is 5. The summed E-state index contributed by atoms with van der Waals surface area (Å²) in [7, 11) is -2.88. The minimum atomic E-state index is -2.88. The van der Waals surface area contributed by atoms with Crippen molar-refractivity contribution in [3.63, 3.8) is 0 Å². The lowest BCUT2D eigenvalue weighted by molar-refractivity contribution is 0.676. The Morgan fingerprint density at radius 2 is 1.02 bits per heavy atom. The Hall–Kier alpha value is -6.70. The van der Waals surface area contributed by atoms with Gasteiger partial charge in [-0.05, 0) is 59.7 Å². The molecule has 1 aliphatic rings. The molecule has 6 nitrogen and oxygen atoms in total. The van der Waals surface area contributed by atoms with Crippen LogP contribution in [0.25, 0.3) is 72.8 Å². The van der Waals surface area contributed by atoms with Crippen molar-refractivity contribution in [2.45, 2.75) is 9.79 Å². The molecule has 0 aliphatic carbocycles. The average Bonchev–Trinajstić information content (AvgIpc) is 3.55. The molecule has 0 saturated heterocycles. The molecule has 1 aliphatic heterocycles. The fraction of sp³-hybridized carbons (Fsp3) is 0. The van der Waals surface area contributed by atoms with Gasteiger partial charge in [0.2, 0.25) is 5.95 Å². The van der Waals surface area contributed by atoms with Crippen LogP contribution in [0.15, 0.2) is 190 Å². The van der Waals surface area contributed by atoms with Gasteiger partial charge in [0.15, 0.2) is 11.6 Å². The lowest BCUT2D eigenvalue weighted by Gasteiger charge is -2.22. The topological polar surface area (TPSA) is 73.0 Å². The molecule has 0 amide bonds. The van der Waals surface area contributed by atoms with Crippen molar-refractivity contribution >= 4 is 37.2 Å². The van der Waals surface area contributed by atoms with E-state index in [1.807, 2.05) is 121 Å². The Morgan fingerprint density at radius 3 is 1.75 bits per heavy atom. The van der Waals surface area contributed by atoms with Gasteiger partial charge in [0, 0.05) is 33.0 Å². The summed E-state index contributed by atoms with van der Waals surface area (Å²) in [6.45, 7) is 0. The van der Waals surface area contributed by atoms with Crippen LogP contribution in [0.2, 0.25) is 0 Å². The highest BCUT2D eigenvalue weighted by Gasteiger charge is 2.27. The molecule has 1 atom stereocenters. The molecule has 1 unspecified atom stereocenters. The quantitative estimate of drug-likeness (QED) is 0.180. The second-order valence-electron chi connectivity index (χ2n) is 12.8. The molecule has 0 radical (unpaired) electrons. The van der Waals surface area contributed by atoms with Crippen LogP contribution in [0.4, 0.5) is 5.69 Å². The van der Waals surface area contributed by atoms with Crippen molar-refractivity contribution in [2.75, 3.05) is 0 Å². The molecule has 0 saturated carbocycles. The zero-order chi connectivity index (χ0) is 34.6. The summed E-state index contributed by atoms with van der Waals surface area (Å²) in [5.41, 5.74) is 8.56. The number of hydrogen-bond donors (Lipinski definition) is 0. The molecule has 2 aromatic heterocycles. The van der Waals surface area contributed by atoms with E-state index in [0.717, 1.165) is 65.8 Å². The Bertz CT molecular complexity index is 2890. The first-order valence-electron chi connectivity index (χ1n) is 17.1. The fourth-order valence-electron chi connectivity index (χ4n) is 7.18. The summed E-state index contributed by atoms with van der Waals surface area (Å²) in [5, 5.41) is 2.17. The Kier molecular flexibility index (Phi) is 6.94. The molecule has 9 aromatic rings. The summed E-state index contributed by atoms with van der Waals surface area (Å²) in [6, 6.07) is 58.7. The first-order valence-corrected chi connectivity index (χ1v) is 18.6. The highest BCUT2D eigenvalue weighted by atomic mass is 32.2. The highest BCUT2D eigenvalue weighted by Crippen LogP contribution is 2.46. The van der Waals surface area contributed by atoms with Crippen LogP contribution < -0.4 is 0 Å². The van der Waals surface area contributed by atoms with Crippen LogP contribution in [0.5, 0.6) is 0 Å². The molecule has 3 heterocycles. The van der Waals surface area contributed by atoms with E-state index in [-0.39, 0.29) is 0 Å². The van der Waals surface area contributed by atoms with Crippen molar-refractivity contribution in [2.24, 2.45) is 4.36 Å². The highest BCUT2D eigenvalue weighted by molar-refractivity contribution is 7.94. The van der Waals surface area contributed by atoms with Crippen molar-refractivity contribution in [1.82, 2.24) is 19.5 Å². The van der Waals surface area contributed by atoms with E-state index < -0.39 is 9.73 Å². The van der Waals surface area contributed by atoms with Crippen LogP contribution in [0.1, 0.15) is 0 Å². The van der Waals surface area contributed by atoms with Gasteiger partial charge in [0.1, 0.15) is 9.73 Å². The number of benzene rings is 7. The molecule has 0 spiro atoms. The van der Waals surface area contributed by atoms with E-state index in [9.17, 15) is 4.21 Å². The van der Waals surface area contributed by atoms with Crippen molar-refractivity contribution in [3.05, 3.63) is 176 Å². The van der Waals surface area contributed by atoms with Crippen molar-refractivity contribution < 1.29 is 4.21 Å². The normalized spacial score (nSPS) is 14.8. The Balaban J connectivity index is 1.16. The Labute approximate surface area is 300 Å². The molecular weight excluding hydrogens is 659 g/mol. The third-order valence-corrected chi connectivity index (χ3v) is 12.0. The maximum Gasteiger partial charge on any atom is 0.238 e. The minimum absolute atomic E-state index is 0.552. The smallest absolute Gasteiger partial charge is 0.238 e. The molecule has 7 heteroatoms. The largest absolute Gasteiger partial charge is 0.278 e. The molecule has 0 bridgehead atoms. The second kappa shape index (κ2) is 12.0. The summed E-state index contributed by atoms with van der Waals surface area (Å²) in [5.74, 6) is 1.77. The van der Waals surface area contributed by atoms with Crippen LogP contribution in [0.3, 0.4) is 0 Å². The van der Waals surface area contributed by atoms with Crippen LogP contribution >= 0.6 is 0 Å². The second-order valence-corrected chi connectivity index (χ2v) is 14.9. The number of rotatable bonds is 5. The lowest BCUT2D eigenvalue weighted by Crippen LogP contribution is -2.07. The fourth-order valence-corrected chi connectivity index (χ4v) is 9.32. The maximum atomic E-state index is 14.7. The van der Waals surface area contributed by atoms with Crippen LogP contribution in [0, 0.1) is 0 Å². The van der Waals surface area contributed by atoms with Gasteiger partial charge in [0.25, 0.3) is 0 Å². The van der Waals surface area contributed by atoms with E-state index in [1.54, 1.807) is 0 Å². The summed E-state index contributed by atoms with van der Waals surface area (Å²) in [6.07, 6.45) is 0. The predicted octanol–water partition coefficient (Wildman–Crippen LogP) is 11.2. The first kappa shape index (κ1) is 30.2. The third-order valence-electron chi connectivity index (χ3n) is 9.65. The van der Waals surface area contributed by atoms with Gasteiger partial charge in [-0.3, -0.25) is 4.57 Å². The van der Waals surface area contributed by atoms with Crippen molar-refractivity contribution in [1.29, 1.82) is 0 Å². The average molecular weight is 688 g/mol. The number of aromatic nitrogens is 4. The molecule has 52 heavy (non-hydrogen) atoms. The maximum absolute atomic E-state index is 14.7. The SMILES string of the molecule is O=S1(c2ccccc2)=Nc2ccccc2-c2cc(-c3ccc4c(c3)c3ccccc3n4-c3nc(-c4ccccc4)nc(-c4ccccc4)n3)ccc21. The summed E-state index contributed by atoms with van der Waals surface area (Å²) >= 11 is 0. The van der Waals surface area contributed by atoms with E-state index in [0.29, 0.717) is 22.5 Å². The van der Waals surface area contributed by atoms with E-state index in [4.69, 9.17) is 19.3 Å².